The van der Waals surface area contributed by atoms with Gasteiger partial charge >= 0.3 is 0 Å². The van der Waals surface area contributed by atoms with Gasteiger partial charge in [-0.3, -0.25) is 0 Å². The van der Waals surface area contributed by atoms with Gasteiger partial charge in [-0.15, -0.1) is 0 Å². The quantitative estimate of drug-likeness (QED) is 0.907. The van der Waals surface area contributed by atoms with E-state index in [0.717, 1.165) is 5.56 Å². The molecule has 106 valence electrons. The first-order valence-electron chi connectivity index (χ1n) is 6.65. The zero-order valence-electron chi connectivity index (χ0n) is 12.3. The van der Waals surface area contributed by atoms with Crippen LogP contribution in [0.25, 0.3) is 0 Å². The van der Waals surface area contributed by atoms with Gasteiger partial charge in [-0.25, -0.2) is 0 Å². The van der Waals surface area contributed by atoms with Crippen LogP contribution >= 0.6 is 11.6 Å². The van der Waals surface area contributed by atoms with Crippen molar-refractivity contribution in [2.45, 2.75) is 19.9 Å². The molecular formula is C17H20ClNO. The van der Waals surface area contributed by atoms with Crippen molar-refractivity contribution in [3.8, 4) is 5.75 Å². The molecule has 1 atom stereocenters. The lowest BCUT2D eigenvalue weighted by molar-refractivity contribution is 0.414. The van der Waals surface area contributed by atoms with Crippen LogP contribution < -0.4 is 10.1 Å². The van der Waals surface area contributed by atoms with E-state index in [2.05, 4.69) is 37.4 Å². The number of benzene rings is 2. The van der Waals surface area contributed by atoms with Crippen molar-refractivity contribution >= 4 is 11.6 Å². The molecule has 1 unspecified atom stereocenters. The number of nitrogens with one attached hydrogen (secondary N) is 1. The topological polar surface area (TPSA) is 21.3 Å². The minimum atomic E-state index is 0.123. The molecule has 0 fully saturated rings. The van der Waals surface area contributed by atoms with E-state index in [-0.39, 0.29) is 6.04 Å². The van der Waals surface area contributed by atoms with E-state index in [9.17, 15) is 0 Å². The lowest BCUT2D eigenvalue weighted by atomic mass is 9.93. The van der Waals surface area contributed by atoms with Crippen LogP contribution in [0.2, 0.25) is 5.02 Å². The summed E-state index contributed by atoms with van der Waals surface area (Å²) in [5, 5.41) is 4.00. The summed E-state index contributed by atoms with van der Waals surface area (Å²) in [4.78, 5) is 0. The number of methoxy groups -OCH3 is 1. The molecular weight excluding hydrogens is 270 g/mol. The van der Waals surface area contributed by atoms with E-state index >= 15 is 0 Å². The van der Waals surface area contributed by atoms with Gasteiger partial charge in [0.2, 0.25) is 0 Å². The Bertz CT molecular complexity index is 610. The SMILES string of the molecule is CNC(c1ccc(OC)c(Cl)c1)c1cccc(C)c1C. The van der Waals surface area contributed by atoms with Crippen molar-refractivity contribution in [2.24, 2.45) is 0 Å². The normalized spacial score (nSPS) is 12.2. The Morgan fingerprint density at radius 2 is 1.90 bits per heavy atom. The van der Waals surface area contributed by atoms with Crippen LogP contribution in [0.4, 0.5) is 0 Å². The van der Waals surface area contributed by atoms with Gasteiger partial charge in [0.1, 0.15) is 5.75 Å². The molecule has 20 heavy (non-hydrogen) atoms. The molecule has 0 radical (unpaired) electrons. The molecule has 0 heterocycles. The molecule has 2 aromatic rings. The van der Waals surface area contributed by atoms with E-state index in [1.807, 2.05) is 25.2 Å². The van der Waals surface area contributed by atoms with E-state index < -0.39 is 0 Å². The molecule has 0 saturated heterocycles. The number of halogens is 1. The standard InChI is InChI=1S/C17H20ClNO/c1-11-6-5-7-14(12(11)2)17(19-3)13-8-9-16(20-4)15(18)10-13/h5-10,17,19H,1-4H3. The molecule has 0 aliphatic carbocycles. The second-order valence-corrected chi connectivity index (χ2v) is 5.31. The molecule has 0 spiro atoms. The van der Waals surface area contributed by atoms with Gasteiger partial charge in [0.05, 0.1) is 18.2 Å². The van der Waals surface area contributed by atoms with Crippen LogP contribution in [0.5, 0.6) is 5.75 Å². The Kier molecular flexibility index (Phi) is 4.69. The lowest BCUT2D eigenvalue weighted by Gasteiger charge is -2.21. The van der Waals surface area contributed by atoms with Crippen molar-refractivity contribution in [1.29, 1.82) is 0 Å². The molecule has 1 N–H and O–H groups in total. The Hall–Kier alpha value is -1.51. The van der Waals surface area contributed by atoms with Crippen LogP contribution in [0.1, 0.15) is 28.3 Å². The summed E-state index contributed by atoms with van der Waals surface area (Å²) in [6.07, 6.45) is 0. The Balaban J connectivity index is 2.47. The van der Waals surface area contributed by atoms with Crippen molar-refractivity contribution in [3.63, 3.8) is 0 Å². The predicted octanol–water partition coefficient (Wildman–Crippen LogP) is 4.27. The van der Waals surface area contributed by atoms with Crippen molar-refractivity contribution in [2.75, 3.05) is 14.2 Å². The average molecular weight is 290 g/mol. The number of rotatable bonds is 4. The van der Waals surface area contributed by atoms with E-state index in [1.165, 1.54) is 16.7 Å². The minimum Gasteiger partial charge on any atom is -0.495 e. The summed E-state index contributed by atoms with van der Waals surface area (Å²) in [6, 6.07) is 12.4. The second-order valence-electron chi connectivity index (χ2n) is 4.90. The van der Waals surface area contributed by atoms with Gasteiger partial charge in [0.15, 0.2) is 0 Å². The molecule has 2 rings (SSSR count). The Morgan fingerprint density at radius 1 is 1.15 bits per heavy atom. The smallest absolute Gasteiger partial charge is 0.137 e. The van der Waals surface area contributed by atoms with Crippen molar-refractivity contribution < 1.29 is 4.74 Å². The van der Waals surface area contributed by atoms with Gasteiger partial charge in [0, 0.05) is 0 Å². The summed E-state index contributed by atoms with van der Waals surface area (Å²) >= 11 is 6.24. The number of hydrogen-bond donors (Lipinski definition) is 1. The van der Waals surface area contributed by atoms with E-state index in [1.54, 1.807) is 7.11 Å². The fourth-order valence-electron chi connectivity index (χ4n) is 2.45. The number of hydrogen-bond acceptors (Lipinski definition) is 2. The molecule has 2 aromatic carbocycles. The monoisotopic (exact) mass is 289 g/mol. The molecule has 0 amide bonds. The summed E-state index contributed by atoms with van der Waals surface area (Å²) in [5.74, 6) is 0.700. The van der Waals surface area contributed by atoms with Crippen LogP contribution in [-0.4, -0.2) is 14.2 Å². The first-order chi connectivity index (χ1) is 9.58. The van der Waals surface area contributed by atoms with Crippen LogP contribution in [0.15, 0.2) is 36.4 Å². The zero-order valence-corrected chi connectivity index (χ0v) is 13.1. The van der Waals surface area contributed by atoms with Crippen LogP contribution in [-0.2, 0) is 0 Å². The van der Waals surface area contributed by atoms with Gasteiger partial charge in [-0.2, -0.15) is 0 Å². The summed E-state index contributed by atoms with van der Waals surface area (Å²) in [5.41, 5.74) is 5.00. The number of aryl methyl sites for hydroxylation is 1. The van der Waals surface area contributed by atoms with Crippen LogP contribution in [0.3, 0.4) is 0 Å². The fourth-order valence-corrected chi connectivity index (χ4v) is 2.72. The summed E-state index contributed by atoms with van der Waals surface area (Å²) < 4.78 is 5.21. The molecule has 0 aliphatic rings. The van der Waals surface area contributed by atoms with E-state index in [0.29, 0.717) is 10.8 Å². The third kappa shape index (κ3) is 2.82. The van der Waals surface area contributed by atoms with Gasteiger partial charge in [0.25, 0.3) is 0 Å². The Morgan fingerprint density at radius 3 is 2.50 bits per heavy atom. The highest BCUT2D eigenvalue weighted by atomic mass is 35.5. The molecule has 2 nitrogen and oxygen atoms in total. The van der Waals surface area contributed by atoms with Crippen LogP contribution in [0, 0.1) is 13.8 Å². The highest BCUT2D eigenvalue weighted by molar-refractivity contribution is 6.32. The number of ether oxygens (including phenoxy) is 1. The van der Waals surface area contributed by atoms with Crippen molar-refractivity contribution in [1.82, 2.24) is 5.32 Å². The predicted molar refractivity (Wildman–Crippen MR) is 84.8 cm³/mol. The summed E-state index contributed by atoms with van der Waals surface area (Å²) in [6.45, 7) is 4.28. The largest absolute Gasteiger partial charge is 0.495 e. The first kappa shape index (κ1) is 14.9. The maximum atomic E-state index is 6.24. The maximum absolute atomic E-state index is 6.24. The highest BCUT2D eigenvalue weighted by Gasteiger charge is 2.16. The second kappa shape index (κ2) is 6.29. The molecule has 3 heteroatoms. The molecule has 0 saturated carbocycles. The molecule has 0 bridgehead atoms. The van der Waals surface area contributed by atoms with Gasteiger partial charge in [-0.05, 0) is 55.3 Å². The van der Waals surface area contributed by atoms with Gasteiger partial charge in [-0.1, -0.05) is 35.9 Å². The Labute approximate surface area is 125 Å². The lowest BCUT2D eigenvalue weighted by Crippen LogP contribution is -2.19. The fraction of sp³-hybridized carbons (Fsp3) is 0.294. The zero-order chi connectivity index (χ0) is 14.7. The molecule has 0 aromatic heterocycles. The average Bonchev–Trinajstić information content (AvgIpc) is 2.44. The maximum Gasteiger partial charge on any atom is 0.137 e. The summed E-state index contributed by atoms with van der Waals surface area (Å²) in [7, 11) is 3.59. The van der Waals surface area contributed by atoms with E-state index in [4.69, 9.17) is 16.3 Å². The van der Waals surface area contributed by atoms with Gasteiger partial charge < -0.3 is 10.1 Å². The third-order valence-electron chi connectivity index (χ3n) is 3.76. The molecule has 0 aliphatic heterocycles. The first-order valence-corrected chi connectivity index (χ1v) is 7.03. The third-order valence-corrected chi connectivity index (χ3v) is 4.05. The highest BCUT2D eigenvalue weighted by Crippen LogP contribution is 2.31. The van der Waals surface area contributed by atoms with Crippen molar-refractivity contribution in [3.05, 3.63) is 63.7 Å². The minimum absolute atomic E-state index is 0.123.